The van der Waals surface area contributed by atoms with Crippen LogP contribution in [0.4, 0.5) is 5.69 Å². The second-order valence-corrected chi connectivity index (χ2v) is 4.26. The van der Waals surface area contributed by atoms with Crippen molar-refractivity contribution >= 4 is 5.69 Å². The normalized spacial score (nSPS) is 15.1. The fraction of sp³-hybridized carbons (Fsp3) is 0.455. The third-order valence-electron chi connectivity index (χ3n) is 3.12. The molecule has 0 bridgehead atoms. The highest BCUT2D eigenvalue weighted by Gasteiger charge is 2.16. The van der Waals surface area contributed by atoms with Gasteiger partial charge in [-0.15, -0.1) is 0 Å². The summed E-state index contributed by atoms with van der Waals surface area (Å²) in [6.45, 7) is 1.07. The molecule has 5 heteroatoms. The second kappa shape index (κ2) is 3.37. The van der Waals surface area contributed by atoms with Gasteiger partial charge < -0.3 is 10.3 Å². The van der Waals surface area contributed by atoms with Crippen LogP contribution in [0.25, 0.3) is 11.4 Å². The summed E-state index contributed by atoms with van der Waals surface area (Å²) in [5.74, 6) is 1.17. The molecule has 3 heterocycles. The van der Waals surface area contributed by atoms with Crippen molar-refractivity contribution in [3.05, 3.63) is 18.2 Å². The number of rotatable bonds is 1. The molecule has 3 rings (SSSR count). The summed E-state index contributed by atoms with van der Waals surface area (Å²) in [5.41, 5.74) is 8.45. The maximum atomic E-state index is 5.90. The van der Waals surface area contributed by atoms with Crippen LogP contribution in [0.1, 0.15) is 18.7 Å². The van der Waals surface area contributed by atoms with Gasteiger partial charge in [-0.1, -0.05) is 0 Å². The van der Waals surface area contributed by atoms with E-state index in [0.29, 0.717) is 5.69 Å². The number of imidazole rings is 1. The van der Waals surface area contributed by atoms with Gasteiger partial charge in [0.1, 0.15) is 17.2 Å². The Morgan fingerprint density at radius 3 is 2.94 bits per heavy atom. The number of nitrogens with two attached hydrogens (primary N) is 1. The molecule has 1 aliphatic rings. The van der Waals surface area contributed by atoms with E-state index in [4.69, 9.17) is 5.73 Å². The van der Waals surface area contributed by atoms with Crippen LogP contribution >= 0.6 is 0 Å². The van der Waals surface area contributed by atoms with Crippen LogP contribution in [0, 0.1) is 0 Å². The smallest absolute Gasteiger partial charge is 0.111 e. The summed E-state index contributed by atoms with van der Waals surface area (Å²) in [6, 6.07) is 0. The first kappa shape index (κ1) is 9.45. The summed E-state index contributed by atoms with van der Waals surface area (Å²) in [6.07, 6.45) is 7.30. The fourth-order valence-corrected chi connectivity index (χ4v) is 2.29. The number of hydrogen-bond donors (Lipinski definition) is 1. The fourth-order valence-electron chi connectivity index (χ4n) is 2.29. The van der Waals surface area contributed by atoms with E-state index in [9.17, 15) is 0 Å². The molecular formula is C11H15N5. The minimum Gasteiger partial charge on any atom is -0.396 e. The number of aryl methyl sites for hydroxylation is 3. The summed E-state index contributed by atoms with van der Waals surface area (Å²) < 4.78 is 4.01. The van der Waals surface area contributed by atoms with E-state index in [1.807, 2.05) is 7.05 Å². The van der Waals surface area contributed by atoms with Crippen molar-refractivity contribution in [3.63, 3.8) is 0 Å². The van der Waals surface area contributed by atoms with E-state index >= 15 is 0 Å². The van der Waals surface area contributed by atoms with Crippen molar-refractivity contribution in [2.24, 2.45) is 7.05 Å². The lowest BCUT2D eigenvalue weighted by Gasteiger charge is -2.11. The van der Waals surface area contributed by atoms with Crippen molar-refractivity contribution in [3.8, 4) is 11.4 Å². The predicted molar refractivity (Wildman–Crippen MR) is 61.8 cm³/mol. The highest BCUT2D eigenvalue weighted by molar-refractivity contribution is 5.69. The number of nitrogens with zero attached hydrogens (tertiary/aromatic N) is 4. The molecule has 0 radical (unpaired) electrons. The Kier molecular flexibility index (Phi) is 1.99. The van der Waals surface area contributed by atoms with Gasteiger partial charge in [-0.3, -0.25) is 4.68 Å². The molecule has 0 unspecified atom stereocenters. The number of hydrogen-bond acceptors (Lipinski definition) is 3. The average molecular weight is 217 g/mol. The SMILES string of the molecule is Cn1ncc(N)c1-c1cn2c(n1)CCCC2. The molecule has 1 aliphatic heterocycles. The molecule has 0 atom stereocenters. The zero-order valence-corrected chi connectivity index (χ0v) is 9.35. The minimum absolute atomic E-state index is 0.693. The van der Waals surface area contributed by atoms with Crippen LogP contribution in [-0.2, 0) is 20.0 Å². The van der Waals surface area contributed by atoms with Gasteiger partial charge in [0.2, 0.25) is 0 Å². The Hall–Kier alpha value is -1.78. The standard InChI is InChI=1S/C11H15N5/c1-15-11(8(12)6-13-15)9-7-16-5-3-2-4-10(16)14-9/h6-7H,2-5,12H2,1H3. The zero-order valence-electron chi connectivity index (χ0n) is 9.35. The number of aromatic nitrogens is 4. The van der Waals surface area contributed by atoms with Crippen LogP contribution in [0.15, 0.2) is 12.4 Å². The molecule has 2 N–H and O–H groups in total. The van der Waals surface area contributed by atoms with E-state index < -0.39 is 0 Å². The average Bonchev–Trinajstić information content (AvgIpc) is 2.82. The summed E-state index contributed by atoms with van der Waals surface area (Å²) >= 11 is 0. The second-order valence-electron chi connectivity index (χ2n) is 4.26. The molecule has 84 valence electrons. The van der Waals surface area contributed by atoms with Crippen LogP contribution in [-0.4, -0.2) is 19.3 Å². The Morgan fingerprint density at radius 1 is 1.38 bits per heavy atom. The third kappa shape index (κ3) is 1.31. The van der Waals surface area contributed by atoms with Gasteiger partial charge in [-0.2, -0.15) is 5.10 Å². The molecule has 0 amide bonds. The van der Waals surface area contributed by atoms with E-state index in [0.717, 1.165) is 24.4 Å². The van der Waals surface area contributed by atoms with Gasteiger partial charge >= 0.3 is 0 Å². The van der Waals surface area contributed by atoms with Crippen LogP contribution in [0.2, 0.25) is 0 Å². The predicted octanol–water partition coefficient (Wildman–Crippen LogP) is 1.20. The number of nitrogen functional groups attached to an aromatic ring is 1. The Balaban J connectivity index is 2.10. The maximum Gasteiger partial charge on any atom is 0.111 e. The van der Waals surface area contributed by atoms with E-state index in [2.05, 4.69) is 20.8 Å². The number of fused-ring (bicyclic) bond motifs is 1. The molecule has 16 heavy (non-hydrogen) atoms. The van der Waals surface area contributed by atoms with Gasteiger partial charge in [-0.25, -0.2) is 4.98 Å². The summed E-state index contributed by atoms with van der Waals surface area (Å²) in [5, 5.41) is 4.14. The molecule has 5 nitrogen and oxygen atoms in total. The van der Waals surface area contributed by atoms with Crippen LogP contribution < -0.4 is 5.73 Å². The van der Waals surface area contributed by atoms with Crippen LogP contribution in [0.3, 0.4) is 0 Å². The van der Waals surface area contributed by atoms with E-state index in [1.165, 1.54) is 18.7 Å². The Morgan fingerprint density at radius 2 is 2.25 bits per heavy atom. The van der Waals surface area contributed by atoms with Gasteiger partial charge in [0.15, 0.2) is 0 Å². The maximum absolute atomic E-state index is 5.90. The van der Waals surface area contributed by atoms with Crippen molar-refractivity contribution < 1.29 is 0 Å². The summed E-state index contributed by atoms with van der Waals surface area (Å²) in [7, 11) is 1.89. The first-order valence-corrected chi connectivity index (χ1v) is 5.59. The third-order valence-corrected chi connectivity index (χ3v) is 3.12. The van der Waals surface area contributed by atoms with Crippen LogP contribution in [0.5, 0.6) is 0 Å². The lowest BCUT2D eigenvalue weighted by molar-refractivity contribution is 0.522. The first-order valence-electron chi connectivity index (χ1n) is 5.59. The van der Waals surface area contributed by atoms with Crippen molar-refractivity contribution in [1.82, 2.24) is 19.3 Å². The van der Waals surface area contributed by atoms with Gasteiger partial charge in [0, 0.05) is 26.2 Å². The lowest BCUT2D eigenvalue weighted by Crippen LogP contribution is -2.08. The van der Waals surface area contributed by atoms with Gasteiger partial charge in [0.05, 0.1) is 11.9 Å². The topological polar surface area (TPSA) is 61.7 Å². The van der Waals surface area contributed by atoms with Gasteiger partial charge in [0.25, 0.3) is 0 Å². The Bertz CT molecular complexity index is 479. The molecular weight excluding hydrogens is 202 g/mol. The minimum atomic E-state index is 0.693. The molecule has 0 fully saturated rings. The van der Waals surface area contributed by atoms with Crippen molar-refractivity contribution in [1.29, 1.82) is 0 Å². The highest BCUT2D eigenvalue weighted by atomic mass is 15.3. The molecule has 2 aromatic heterocycles. The van der Waals surface area contributed by atoms with Crippen molar-refractivity contribution in [2.75, 3.05) is 5.73 Å². The van der Waals surface area contributed by atoms with Gasteiger partial charge in [-0.05, 0) is 12.8 Å². The molecule has 0 spiro atoms. The largest absolute Gasteiger partial charge is 0.396 e. The molecule has 2 aromatic rings. The highest BCUT2D eigenvalue weighted by Crippen LogP contribution is 2.26. The summed E-state index contributed by atoms with van der Waals surface area (Å²) in [4.78, 5) is 4.64. The molecule has 0 aliphatic carbocycles. The zero-order chi connectivity index (χ0) is 11.1. The molecule has 0 aromatic carbocycles. The number of anilines is 1. The quantitative estimate of drug-likeness (QED) is 0.780. The molecule has 0 saturated carbocycles. The Labute approximate surface area is 93.9 Å². The molecule has 0 saturated heterocycles. The van der Waals surface area contributed by atoms with E-state index in [1.54, 1.807) is 10.9 Å². The monoisotopic (exact) mass is 217 g/mol. The lowest BCUT2D eigenvalue weighted by atomic mass is 10.2. The van der Waals surface area contributed by atoms with E-state index in [-0.39, 0.29) is 0 Å². The first-order chi connectivity index (χ1) is 7.75. The van der Waals surface area contributed by atoms with Crippen molar-refractivity contribution in [2.45, 2.75) is 25.8 Å².